The number of primary amides is 1. The number of carboxylic acid groups (broad SMARTS) is 1. The minimum atomic E-state index is -1.23. The number of hydrogen-bond acceptors (Lipinski definition) is 7. The highest BCUT2D eigenvalue weighted by atomic mass is 16.4. The summed E-state index contributed by atoms with van der Waals surface area (Å²) in [6.07, 6.45) is -0.0316. The quantitative estimate of drug-likeness (QED) is 0.175. The van der Waals surface area contributed by atoms with Gasteiger partial charge in [0, 0.05) is 6.42 Å². The second-order valence-corrected chi connectivity index (χ2v) is 5.05. The normalized spacial score (nSPS) is 11.0. The van der Waals surface area contributed by atoms with Gasteiger partial charge in [-0.2, -0.15) is 0 Å². The van der Waals surface area contributed by atoms with Crippen molar-refractivity contribution in [3.63, 3.8) is 0 Å². The Labute approximate surface area is 148 Å². The van der Waals surface area contributed by atoms with E-state index in [2.05, 4.69) is 16.0 Å². The number of carbonyl (C=O) groups is 6. The molecule has 0 aliphatic rings. The molecular formula is C13H22N6O7. The highest BCUT2D eigenvalue weighted by Gasteiger charge is 2.15. The molecular weight excluding hydrogens is 352 g/mol. The zero-order valence-electron chi connectivity index (χ0n) is 13.9. The summed E-state index contributed by atoms with van der Waals surface area (Å²) in [6.45, 7) is -1.91. The molecule has 0 aromatic carbocycles. The van der Waals surface area contributed by atoms with Crippen molar-refractivity contribution in [1.82, 2.24) is 21.3 Å². The largest absolute Gasteiger partial charge is 0.480 e. The Bertz CT molecular complexity index is 565. The summed E-state index contributed by atoms with van der Waals surface area (Å²) < 4.78 is 0. The molecule has 1 unspecified atom stereocenters. The maximum atomic E-state index is 11.6. The molecule has 0 fully saturated rings. The van der Waals surface area contributed by atoms with E-state index < -0.39 is 67.7 Å². The van der Waals surface area contributed by atoms with E-state index in [1.165, 1.54) is 0 Å². The molecule has 13 heteroatoms. The Morgan fingerprint density at radius 2 is 1.19 bits per heavy atom. The van der Waals surface area contributed by atoms with Gasteiger partial charge in [0.25, 0.3) is 0 Å². The molecule has 0 rings (SSSR count). The molecule has 0 aliphatic carbocycles. The highest BCUT2D eigenvalue weighted by Crippen LogP contribution is 1.93. The van der Waals surface area contributed by atoms with Crippen LogP contribution in [0.3, 0.4) is 0 Å². The van der Waals surface area contributed by atoms with Gasteiger partial charge in [-0.1, -0.05) is 0 Å². The second-order valence-electron chi connectivity index (χ2n) is 5.05. The SMILES string of the molecule is NC(=O)CCC(N)C(=O)NCC(=O)NCC(=O)NCC(=O)NCC(=O)O. The van der Waals surface area contributed by atoms with Crippen molar-refractivity contribution in [3.05, 3.63) is 0 Å². The van der Waals surface area contributed by atoms with Gasteiger partial charge in [0.2, 0.25) is 29.5 Å². The van der Waals surface area contributed by atoms with Crippen LogP contribution < -0.4 is 32.7 Å². The van der Waals surface area contributed by atoms with Crippen molar-refractivity contribution in [2.45, 2.75) is 18.9 Å². The topological polar surface area (TPSA) is 223 Å². The fourth-order valence-corrected chi connectivity index (χ4v) is 1.45. The maximum Gasteiger partial charge on any atom is 0.322 e. The van der Waals surface area contributed by atoms with E-state index in [0.29, 0.717) is 0 Å². The van der Waals surface area contributed by atoms with Crippen molar-refractivity contribution in [2.24, 2.45) is 11.5 Å². The summed E-state index contributed by atoms with van der Waals surface area (Å²) in [5.41, 5.74) is 10.4. The number of carbonyl (C=O) groups excluding carboxylic acids is 5. The Morgan fingerprint density at radius 3 is 1.62 bits per heavy atom. The zero-order valence-corrected chi connectivity index (χ0v) is 13.9. The zero-order chi connectivity index (χ0) is 20.1. The predicted octanol–water partition coefficient (Wildman–Crippen LogP) is -4.87. The molecule has 0 aromatic rings. The minimum Gasteiger partial charge on any atom is -0.480 e. The summed E-state index contributed by atoms with van der Waals surface area (Å²) in [4.78, 5) is 66.4. The lowest BCUT2D eigenvalue weighted by molar-refractivity contribution is -0.137. The number of nitrogens with one attached hydrogen (secondary N) is 4. The minimum absolute atomic E-state index is 0.0368. The molecule has 0 saturated carbocycles. The smallest absolute Gasteiger partial charge is 0.322 e. The van der Waals surface area contributed by atoms with Crippen LogP contribution >= 0.6 is 0 Å². The molecule has 26 heavy (non-hydrogen) atoms. The lowest BCUT2D eigenvalue weighted by Crippen LogP contribution is -2.47. The van der Waals surface area contributed by atoms with Gasteiger partial charge >= 0.3 is 5.97 Å². The number of carboxylic acids is 1. The summed E-state index contributed by atoms with van der Waals surface area (Å²) >= 11 is 0. The standard InChI is InChI=1S/C13H22N6O7/c14-7(1-2-8(15)20)13(26)19-5-11(23)17-3-9(21)16-4-10(22)18-6-12(24)25/h7H,1-6,14H2,(H2,15,20)(H,16,21)(H,17,23)(H,18,22)(H,19,26)(H,24,25). The summed E-state index contributed by atoms with van der Waals surface area (Å²) in [5.74, 6) is -4.55. The first-order valence-electron chi connectivity index (χ1n) is 7.45. The Kier molecular flexibility index (Phi) is 10.7. The van der Waals surface area contributed by atoms with E-state index in [-0.39, 0.29) is 12.8 Å². The van der Waals surface area contributed by atoms with Gasteiger partial charge < -0.3 is 37.8 Å². The monoisotopic (exact) mass is 374 g/mol. The van der Waals surface area contributed by atoms with E-state index in [9.17, 15) is 28.8 Å². The number of aliphatic carboxylic acids is 1. The van der Waals surface area contributed by atoms with Crippen LogP contribution in [0, 0.1) is 0 Å². The van der Waals surface area contributed by atoms with Gasteiger partial charge in [0.1, 0.15) is 6.54 Å². The van der Waals surface area contributed by atoms with Crippen LogP contribution in [0.25, 0.3) is 0 Å². The molecule has 0 saturated heterocycles. The van der Waals surface area contributed by atoms with Crippen molar-refractivity contribution in [3.8, 4) is 0 Å². The van der Waals surface area contributed by atoms with Gasteiger partial charge in [-0.25, -0.2) is 0 Å². The van der Waals surface area contributed by atoms with Crippen LogP contribution in [0.1, 0.15) is 12.8 Å². The van der Waals surface area contributed by atoms with Crippen molar-refractivity contribution >= 4 is 35.5 Å². The van der Waals surface area contributed by atoms with Crippen LogP contribution in [-0.4, -0.2) is 72.8 Å². The van der Waals surface area contributed by atoms with E-state index in [4.69, 9.17) is 16.6 Å². The fraction of sp³-hybridized carbons (Fsp3) is 0.538. The third-order valence-corrected chi connectivity index (χ3v) is 2.79. The molecule has 0 bridgehead atoms. The predicted molar refractivity (Wildman–Crippen MR) is 86.1 cm³/mol. The summed E-state index contributed by atoms with van der Waals surface area (Å²) in [5, 5.41) is 17.0. The molecule has 0 aliphatic heterocycles. The van der Waals surface area contributed by atoms with Crippen LogP contribution in [0.5, 0.6) is 0 Å². The van der Waals surface area contributed by atoms with Gasteiger partial charge in [-0.05, 0) is 6.42 Å². The van der Waals surface area contributed by atoms with Crippen LogP contribution in [0.15, 0.2) is 0 Å². The van der Waals surface area contributed by atoms with Gasteiger partial charge in [-0.15, -0.1) is 0 Å². The van der Waals surface area contributed by atoms with Crippen molar-refractivity contribution in [1.29, 1.82) is 0 Å². The van der Waals surface area contributed by atoms with Crippen LogP contribution in [0.4, 0.5) is 0 Å². The van der Waals surface area contributed by atoms with Crippen LogP contribution in [-0.2, 0) is 28.8 Å². The first-order chi connectivity index (χ1) is 12.1. The molecule has 9 N–H and O–H groups in total. The van der Waals surface area contributed by atoms with E-state index in [1.807, 2.05) is 5.32 Å². The number of nitrogens with two attached hydrogens (primary N) is 2. The number of rotatable bonds is 12. The first-order valence-corrected chi connectivity index (χ1v) is 7.45. The summed E-state index contributed by atoms with van der Waals surface area (Å²) in [7, 11) is 0. The second kappa shape index (κ2) is 12.2. The summed E-state index contributed by atoms with van der Waals surface area (Å²) in [6, 6.07) is -0.997. The molecule has 1 atom stereocenters. The number of amides is 5. The van der Waals surface area contributed by atoms with E-state index >= 15 is 0 Å². The number of hydrogen-bond donors (Lipinski definition) is 7. The average Bonchev–Trinajstić information content (AvgIpc) is 2.58. The lowest BCUT2D eigenvalue weighted by atomic mass is 10.1. The Hall–Kier alpha value is -3.22. The van der Waals surface area contributed by atoms with Gasteiger partial charge in [0.15, 0.2) is 0 Å². The molecule has 146 valence electrons. The first kappa shape index (κ1) is 22.8. The molecule has 5 amide bonds. The molecule has 0 aromatic heterocycles. The van der Waals surface area contributed by atoms with Gasteiger partial charge in [-0.3, -0.25) is 28.8 Å². The van der Waals surface area contributed by atoms with Crippen molar-refractivity contribution in [2.75, 3.05) is 26.2 Å². The van der Waals surface area contributed by atoms with Gasteiger partial charge in [0.05, 0.1) is 25.7 Å². The third-order valence-electron chi connectivity index (χ3n) is 2.79. The van der Waals surface area contributed by atoms with Crippen LogP contribution in [0.2, 0.25) is 0 Å². The third kappa shape index (κ3) is 12.2. The lowest BCUT2D eigenvalue weighted by Gasteiger charge is -2.11. The highest BCUT2D eigenvalue weighted by molar-refractivity contribution is 5.91. The Morgan fingerprint density at radius 1 is 0.769 bits per heavy atom. The molecule has 0 radical (unpaired) electrons. The molecule has 0 heterocycles. The molecule has 0 spiro atoms. The Balaban J connectivity index is 3.91. The molecule has 13 nitrogen and oxygen atoms in total. The fourth-order valence-electron chi connectivity index (χ4n) is 1.45. The van der Waals surface area contributed by atoms with E-state index in [1.54, 1.807) is 0 Å². The van der Waals surface area contributed by atoms with Crippen molar-refractivity contribution < 1.29 is 33.9 Å². The van der Waals surface area contributed by atoms with E-state index in [0.717, 1.165) is 0 Å². The maximum absolute atomic E-state index is 11.6. The average molecular weight is 374 g/mol.